The maximum absolute atomic E-state index is 12.8. The summed E-state index contributed by atoms with van der Waals surface area (Å²) in [5, 5.41) is 3.13. The molecule has 0 aliphatic carbocycles. The van der Waals surface area contributed by atoms with Crippen LogP contribution in [0.15, 0.2) is 30.3 Å². The van der Waals surface area contributed by atoms with Gasteiger partial charge in [-0.15, -0.1) is 0 Å². The summed E-state index contributed by atoms with van der Waals surface area (Å²) in [7, 11) is 0. The van der Waals surface area contributed by atoms with Crippen molar-refractivity contribution in [1.29, 1.82) is 0 Å². The lowest BCUT2D eigenvalue weighted by Crippen LogP contribution is -2.13. The van der Waals surface area contributed by atoms with E-state index in [-0.39, 0.29) is 21.7 Å². The zero-order chi connectivity index (χ0) is 15.6. The van der Waals surface area contributed by atoms with Crippen molar-refractivity contribution in [3.63, 3.8) is 0 Å². The number of hydrazine groups is 1. The number of nitrogens with zero attached hydrogens (tertiary/aromatic N) is 1. The number of benzene rings is 1. The molecule has 1 heterocycles. The Hall–Kier alpha value is -1.70. The van der Waals surface area contributed by atoms with Gasteiger partial charge >= 0.3 is 6.18 Å². The van der Waals surface area contributed by atoms with Crippen molar-refractivity contribution >= 4 is 40.5 Å². The summed E-state index contributed by atoms with van der Waals surface area (Å²) in [6, 6.07) is 6.36. The summed E-state index contributed by atoms with van der Waals surface area (Å²) in [6.07, 6.45) is -4.52. The van der Waals surface area contributed by atoms with Crippen LogP contribution < -0.4 is 16.6 Å². The molecule has 0 saturated carbocycles. The number of aromatic nitrogens is 1. The minimum Gasteiger partial charge on any atom is -0.339 e. The molecule has 1 aromatic carbocycles. The summed E-state index contributed by atoms with van der Waals surface area (Å²) < 4.78 is 38.4. The molecule has 9 heteroatoms. The summed E-state index contributed by atoms with van der Waals surface area (Å²) in [4.78, 5) is 3.88. The molecule has 0 spiro atoms. The number of nitrogen functional groups attached to an aromatic ring is 1. The molecular weight excluding hydrogens is 328 g/mol. The summed E-state index contributed by atoms with van der Waals surface area (Å²) >= 11 is 11.8. The minimum atomic E-state index is -4.52. The Morgan fingerprint density at radius 1 is 1.10 bits per heavy atom. The van der Waals surface area contributed by atoms with Crippen molar-refractivity contribution in [2.45, 2.75) is 6.18 Å². The van der Waals surface area contributed by atoms with E-state index in [1.54, 1.807) is 18.2 Å². The first-order chi connectivity index (χ1) is 9.81. The quantitative estimate of drug-likeness (QED) is 0.572. The maximum Gasteiger partial charge on any atom is 0.416 e. The van der Waals surface area contributed by atoms with Crippen LogP contribution in [0, 0.1) is 0 Å². The SMILES string of the molecule is NNc1cc(C(F)(F)F)cc(Nc2cccc(Cl)c2Cl)n1. The summed E-state index contributed by atoms with van der Waals surface area (Å²) in [5.41, 5.74) is 1.52. The Labute approximate surface area is 128 Å². The van der Waals surface area contributed by atoms with E-state index < -0.39 is 11.7 Å². The maximum atomic E-state index is 12.8. The Balaban J connectivity index is 2.42. The van der Waals surface area contributed by atoms with Crippen molar-refractivity contribution in [3.8, 4) is 0 Å². The van der Waals surface area contributed by atoms with Gasteiger partial charge in [0.2, 0.25) is 0 Å². The normalized spacial score (nSPS) is 11.3. The lowest BCUT2D eigenvalue weighted by molar-refractivity contribution is -0.137. The lowest BCUT2D eigenvalue weighted by Gasteiger charge is -2.13. The topological polar surface area (TPSA) is 63.0 Å². The minimum absolute atomic E-state index is 0.0676. The van der Waals surface area contributed by atoms with Gasteiger partial charge in [0.25, 0.3) is 0 Å². The second-order valence-corrected chi connectivity index (χ2v) is 4.78. The fourth-order valence-electron chi connectivity index (χ4n) is 1.57. The fraction of sp³-hybridized carbons (Fsp3) is 0.0833. The number of alkyl halides is 3. The van der Waals surface area contributed by atoms with E-state index in [1.165, 1.54) is 0 Å². The lowest BCUT2D eigenvalue weighted by atomic mass is 10.2. The van der Waals surface area contributed by atoms with Crippen LogP contribution in [-0.4, -0.2) is 4.98 Å². The summed E-state index contributed by atoms with van der Waals surface area (Å²) in [5.74, 6) is 4.92. The van der Waals surface area contributed by atoms with Gasteiger partial charge in [0.05, 0.1) is 21.3 Å². The molecule has 21 heavy (non-hydrogen) atoms. The molecular formula is C12H9Cl2F3N4. The number of hydrogen-bond donors (Lipinski definition) is 3. The third-order valence-corrected chi connectivity index (χ3v) is 3.33. The van der Waals surface area contributed by atoms with Crippen molar-refractivity contribution in [2.75, 3.05) is 10.7 Å². The molecule has 4 nitrogen and oxygen atoms in total. The van der Waals surface area contributed by atoms with Gasteiger partial charge in [-0.1, -0.05) is 29.3 Å². The van der Waals surface area contributed by atoms with Crippen molar-refractivity contribution in [1.82, 2.24) is 4.98 Å². The molecule has 2 aromatic rings. The zero-order valence-electron chi connectivity index (χ0n) is 10.3. The second kappa shape index (κ2) is 5.97. The van der Waals surface area contributed by atoms with Gasteiger partial charge in [-0.25, -0.2) is 10.8 Å². The van der Waals surface area contributed by atoms with E-state index in [0.29, 0.717) is 5.69 Å². The van der Waals surface area contributed by atoms with Gasteiger partial charge in [-0.05, 0) is 24.3 Å². The number of hydrogen-bond acceptors (Lipinski definition) is 4. The molecule has 0 saturated heterocycles. The number of halogens is 5. The third kappa shape index (κ3) is 3.69. The number of nitrogens with one attached hydrogen (secondary N) is 2. The van der Waals surface area contributed by atoms with Crippen molar-refractivity contribution < 1.29 is 13.2 Å². The highest BCUT2D eigenvalue weighted by Gasteiger charge is 2.31. The van der Waals surface area contributed by atoms with Gasteiger partial charge in [0.15, 0.2) is 0 Å². The van der Waals surface area contributed by atoms with Crippen LogP contribution in [0.25, 0.3) is 0 Å². The first-order valence-corrected chi connectivity index (χ1v) is 6.34. The van der Waals surface area contributed by atoms with Gasteiger partial charge in [-0.3, -0.25) is 0 Å². The first-order valence-electron chi connectivity index (χ1n) is 5.58. The monoisotopic (exact) mass is 336 g/mol. The van der Waals surface area contributed by atoms with E-state index in [1.807, 2.05) is 0 Å². The highest BCUT2D eigenvalue weighted by atomic mass is 35.5. The zero-order valence-corrected chi connectivity index (χ0v) is 11.8. The number of rotatable bonds is 3. The predicted octanol–water partition coefficient (Wildman–Crippen LogP) is 4.44. The van der Waals surface area contributed by atoms with Crippen molar-refractivity contribution in [3.05, 3.63) is 45.9 Å². The van der Waals surface area contributed by atoms with E-state index in [4.69, 9.17) is 29.0 Å². The van der Waals surface area contributed by atoms with Crippen LogP contribution in [0.2, 0.25) is 10.0 Å². The number of nitrogens with two attached hydrogens (primary N) is 1. The first kappa shape index (κ1) is 15.7. The van der Waals surface area contributed by atoms with Crippen LogP contribution in [-0.2, 0) is 6.18 Å². The van der Waals surface area contributed by atoms with E-state index >= 15 is 0 Å². The Morgan fingerprint density at radius 2 is 1.76 bits per heavy atom. The molecule has 0 unspecified atom stereocenters. The van der Waals surface area contributed by atoms with Gasteiger partial charge in [-0.2, -0.15) is 13.2 Å². The van der Waals surface area contributed by atoms with Gasteiger partial charge in [0, 0.05) is 0 Å². The van der Waals surface area contributed by atoms with Crippen LogP contribution >= 0.6 is 23.2 Å². The highest BCUT2D eigenvalue weighted by molar-refractivity contribution is 6.43. The molecule has 112 valence electrons. The smallest absolute Gasteiger partial charge is 0.339 e. The van der Waals surface area contributed by atoms with Gasteiger partial charge < -0.3 is 10.7 Å². The second-order valence-electron chi connectivity index (χ2n) is 3.99. The molecule has 2 rings (SSSR count). The molecule has 0 atom stereocenters. The molecule has 4 N–H and O–H groups in total. The van der Waals surface area contributed by atoms with Crippen molar-refractivity contribution in [2.24, 2.45) is 5.84 Å². The van der Waals surface area contributed by atoms with Gasteiger partial charge in [0.1, 0.15) is 11.6 Å². The number of anilines is 3. The number of pyridine rings is 1. The Morgan fingerprint density at radius 3 is 2.38 bits per heavy atom. The average molecular weight is 337 g/mol. The van der Waals surface area contributed by atoms with Crippen LogP contribution in [0.5, 0.6) is 0 Å². The molecule has 0 aliphatic rings. The van der Waals surface area contributed by atoms with E-state index in [0.717, 1.165) is 12.1 Å². The molecule has 1 aromatic heterocycles. The molecule has 0 amide bonds. The molecule has 0 aliphatic heterocycles. The molecule has 0 fully saturated rings. The molecule has 0 bridgehead atoms. The van der Waals surface area contributed by atoms with Crippen LogP contribution in [0.3, 0.4) is 0 Å². The third-order valence-electron chi connectivity index (χ3n) is 2.51. The molecule has 0 radical (unpaired) electrons. The summed E-state index contributed by atoms with van der Waals surface area (Å²) in [6.45, 7) is 0. The predicted molar refractivity (Wildman–Crippen MR) is 76.8 cm³/mol. The standard InChI is InChI=1S/C12H9Cl2F3N4/c13-7-2-1-3-8(11(7)14)19-9-4-6(12(15,16)17)5-10(20-9)21-18/h1-5H,18H2,(H2,19,20,21). The van der Waals surface area contributed by atoms with Crippen LogP contribution in [0.1, 0.15) is 5.56 Å². The Bertz CT molecular complexity index is 661. The van der Waals surface area contributed by atoms with E-state index in [2.05, 4.69) is 15.7 Å². The average Bonchev–Trinajstić information content (AvgIpc) is 2.42. The highest BCUT2D eigenvalue weighted by Crippen LogP contribution is 2.35. The van der Waals surface area contributed by atoms with E-state index in [9.17, 15) is 13.2 Å². The Kier molecular flexibility index (Phi) is 4.46. The largest absolute Gasteiger partial charge is 0.416 e. The fourth-order valence-corrected chi connectivity index (χ4v) is 1.92. The van der Waals surface area contributed by atoms with Crippen LogP contribution in [0.4, 0.5) is 30.5 Å².